The smallest absolute Gasteiger partial charge is 0.339 e. The van der Waals surface area contributed by atoms with E-state index in [1.807, 2.05) is 36.4 Å². The molecule has 4 nitrogen and oxygen atoms in total. The molecule has 1 atom stereocenters. The maximum Gasteiger partial charge on any atom is 0.339 e. The van der Waals surface area contributed by atoms with Crippen LogP contribution in [0.3, 0.4) is 0 Å². The molecule has 1 aliphatic heterocycles. The van der Waals surface area contributed by atoms with Crippen molar-refractivity contribution in [3.8, 4) is 0 Å². The molecule has 0 spiro atoms. The fraction of sp³-hybridized carbons (Fsp3) is 0.391. The van der Waals surface area contributed by atoms with Crippen molar-refractivity contribution in [3.63, 3.8) is 0 Å². The minimum atomic E-state index is -0.454. The highest BCUT2D eigenvalue weighted by Gasteiger charge is 2.20. The summed E-state index contributed by atoms with van der Waals surface area (Å²) in [6.45, 7) is 0.585. The molecule has 0 amide bonds. The van der Waals surface area contributed by atoms with Gasteiger partial charge in [-0.1, -0.05) is 24.3 Å². The van der Waals surface area contributed by atoms with E-state index in [-0.39, 0.29) is 18.5 Å². The van der Waals surface area contributed by atoms with Crippen LogP contribution in [-0.2, 0) is 22.3 Å². The Morgan fingerprint density at radius 1 is 1.07 bits per heavy atom. The van der Waals surface area contributed by atoms with Crippen LogP contribution in [0.1, 0.15) is 51.1 Å². The quantitative estimate of drug-likeness (QED) is 0.392. The summed E-state index contributed by atoms with van der Waals surface area (Å²) >= 11 is 1.61. The highest BCUT2D eigenvalue weighted by atomic mass is 32.2. The van der Waals surface area contributed by atoms with E-state index in [9.17, 15) is 9.59 Å². The van der Waals surface area contributed by atoms with Gasteiger partial charge in [-0.15, -0.1) is 11.8 Å². The number of carbonyl (C=O) groups is 2. The molecule has 28 heavy (non-hydrogen) atoms. The molecule has 0 unspecified atom stereocenters. The SMILES string of the molecule is O=C(COC(=O)c1ccccc1SC[C@@H]1CCCO1)c1ccc2c(c1)CCC2. The number of hydrogen-bond donors (Lipinski definition) is 0. The average molecular weight is 397 g/mol. The second kappa shape index (κ2) is 8.93. The van der Waals surface area contributed by atoms with E-state index in [1.54, 1.807) is 17.8 Å². The zero-order chi connectivity index (χ0) is 19.3. The van der Waals surface area contributed by atoms with Gasteiger partial charge in [0.2, 0.25) is 0 Å². The highest BCUT2D eigenvalue weighted by molar-refractivity contribution is 7.99. The molecule has 1 fully saturated rings. The number of aryl methyl sites for hydroxylation is 2. The number of carbonyl (C=O) groups excluding carboxylic acids is 2. The van der Waals surface area contributed by atoms with E-state index < -0.39 is 5.97 Å². The van der Waals surface area contributed by atoms with Crippen LogP contribution in [0.15, 0.2) is 47.4 Å². The molecule has 1 heterocycles. The van der Waals surface area contributed by atoms with Crippen LogP contribution in [0.2, 0.25) is 0 Å². The standard InChI is InChI=1S/C23H24O4S/c24-21(18-11-10-16-5-3-6-17(16)13-18)14-27-23(25)20-8-1-2-9-22(20)28-15-19-7-4-12-26-19/h1-2,8-11,13,19H,3-7,12,14-15H2/t19-/m0/s1. The molecule has 0 radical (unpaired) electrons. The Morgan fingerprint density at radius 3 is 2.79 bits per heavy atom. The maximum absolute atomic E-state index is 12.6. The van der Waals surface area contributed by atoms with Crippen molar-refractivity contribution in [1.82, 2.24) is 0 Å². The Kier molecular flexibility index (Phi) is 6.13. The molecule has 1 aliphatic carbocycles. The van der Waals surface area contributed by atoms with Gasteiger partial charge in [-0.25, -0.2) is 4.79 Å². The Labute approximate surface area is 169 Å². The fourth-order valence-corrected chi connectivity index (χ4v) is 4.87. The Morgan fingerprint density at radius 2 is 1.93 bits per heavy atom. The van der Waals surface area contributed by atoms with Gasteiger partial charge in [0.05, 0.1) is 11.7 Å². The van der Waals surface area contributed by atoms with Crippen molar-refractivity contribution in [3.05, 3.63) is 64.7 Å². The molecule has 2 aliphatic rings. The number of benzene rings is 2. The molecule has 0 bridgehead atoms. The first-order chi connectivity index (χ1) is 13.7. The second-order valence-corrected chi connectivity index (χ2v) is 8.34. The van der Waals surface area contributed by atoms with Crippen molar-refractivity contribution in [2.24, 2.45) is 0 Å². The van der Waals surface area contributed by atoms with Gasteiger partial charge in [0.1, 0.15) is 0 Å². The molecule has 0 saturated carbocycles. The molecule has 2 aromatic rings. The summed E-state index contributed by atoms with van der Waals surface area (Å²) in [4.78, 5) is 25.9. The van der Waals surface area contributed by atoms with Crippen LogP contribution >= 0.6 is 11.8 Å². The molecule has 5 heteroatoms. The predicted octanol–water partition coefficient (Wildman–Crippen LogP) is 4.49. The number of Topliss-reactive ketones (excluding diaryl/α,β-unsaturated/α-hetero) is 1. The van der Waals surface area contributed by atoms with Crippen molar-refractivity contribution in [2.45, 2.75) is 43.1 Å². The van der Waals surface area contributed by atoms with Crippen LogP contribution in [0.5, 0.6) is 0 Å². The normalized spacial score (nSPS) is 18.1. The first-order valence-corrected chi connectivity index (χ1v) is 10.8. The second-order valence-electron chi connectivity index (χ2n) is 7.28. The molecule has 0 aromatic heterocycles. The Hall–Kier alpha value is -2.11. The first-order valence-electron chi connectivity index (χ1n) is 9.86. The monoisotopic (exact) mass is 396 g/mol. The number of thioether (sulfide) groups is 1. The lowest BCUT2D eigenvalue weighted by Crippen LogP contribution is -2.15. The third-order valence-electron chi connectivity index (χ3n) is 5.31. The van der Waals surface area contributed by atoms with E-state index >= 15 is 0 Å². The molecular formula is C23H24O4S. The Balaban J connectivity index is 1.36. The number of rotatable bonds is 7. The Bertz CT molecular complexity index is 871. The lowest BCUT2D eigenvalue weighted by molar-refractivity contribution is 0.0471. The van der Waals surface area contributed by atoms with Crippen molar-refractivity contribution in [2.75, 3.05) is 19.0 Å². The van der Waals surface area contributed by atoms with E-state index in [1.165, 1.54) is 11.1 Å². The van der Waals surface area contributed by atoms with E-state index in [2.05, 4.69) is 0 Å². The summed E-state index contributed by atoms with van der Waals surface area (Å²) in [7, 11) is 0. The number of ether oxygens (including phenoxy) is 2. The zero-order valence-corrected chi connectivity index (χ0v) is 16.6. The number of hydrogen-bond acceptors (Lipinski definition) is 5. The van der Waals surface area contributed by atoms with Crippen LogP contribution in [-0.4, -0.2) is 36.8 Å². The molecular weight excluding hydrogens is 372 g/mol. The van der Waals surface area contributed by atoms with Crippen LogP contribution in [0, 0.1) is 0 Å². The van der Waals surface area contributed by atoms with Crippen molar-refractivity contribution >= 4 is 23.5 Å². The van der Waals surface area contributed by atoms with Gasteiger partial charge >= 0.3 is 5.97 Å². The number of fused-ring (bicyclic) bond motifs is 1. The van der Waals surface area contributed by atoms with E-state index in [0.717, 1.165) is 49.4 Å². The lowest BCUT2D eigenvalue weighted by atomic mass is 10.0. The highest BCUT2D eigenvalue weighted by Crippen LogP contribution is 2.27. The minimum absolute atomic E-state index is 0.160. The van der Waals surface area contributed by atoms with Gasteiger partial charge in [-0.05, 0) is 61.4 Å². The van der Waals surface area contributed by atoms with Gasteiger partial charge in [-0.3, -0.25) is 4.79 Å². The molecule has 2 aromatic carbocycles. The lowest BCUT2D eigenvalue weighted by Gasteiger charge is -2.12. The average Bonchev–Trinajstić information content (AvgIpc) is 3.41. The van der Waals surface area contributed by atoms with Gasteiger partial charge in [0.25, 0.3) is 0 Å². The summed E-state index contributed by atoms with van der Waals surface area (Å²) in [5.41, 5.74) is 3.69. The van der Waals surface area contributed by atoms with Crippen molar-refractivity contribution in [1.29, 1.82) is 0 Å². The summed E-state index contributed by atoms with van der Waals surface area (Å²) in [6.07, 6.45) is 5.65. The van der Waals surface area contributed by atoms with E-state index in [0.29, 0.717) is 11.1 Å². The van der Waals surface area contributed by atoms with Crippen LogP contribution in [0.25, 0.3) is 0 Å². The summed E-state index contributed by atoms with van der Waals surface area (Å²) in [6, 6.07) is 13.2. The third kappa shape index (κ3) is 4.47. The largest absolute Gasteiger partial charge is 0.454 e. The topological polar surface area (TPSA) is 52.6 Å². The summed E-state index contributed by atoms with van der Waals surface area (Å²) < 4.78 is 11.0. The zero-order valence-electron chi connectivity index (χ0n) is 15.8. The van der Waals surface area contributed by atoms with Gasteiger partial charge in [0, 0.05) is 22.8 Å². The molecule has 0 N–H and O–H groups in total. The predicted molar refractivity (Wildman–Crippen MR) is 109 cm³/mol. The van der Waals surface area contributed by atoms with Crippen molar-refractivity contribution < 1.29 is 19.1 Å². The van der Waals surface area contributed by atoms with Gasteiger partial charge in [-0.2, -0.15) is 0 Å². The van der Waals surface area contributed by atoms with Gasteiger partial charge < -0.3 is 9.47 Å². The first kappa shape index (κ1) is 19.2. The number of esters is 1. The molecule has 1 saturated heterocycles. The third-order valence-corrected chi connectivity index (χ3v) is 6.52. The van der Waals surface area contributed by atoms with Crippen LogP contribution in [0.4, 0.5) is 0 Å². The fourth-order valence-electron chi connectivity index (χ4n) is 3.76. The van der Waals surface area contributed by atoms with Gasteiger partial charge in [0.15, 0.2) is 12.4 Å². The van der Waals surface area contributed by atoms with Crippen LogP contribution < -0.4 is 0 Å². The molecule has 146 valence electrons. The molecule has 4 rings (SSSR count). The minimum Gasteiger partial charge on any atom is -0.454 e. The maximum atomic E-state index is 12.6. The summed E-state index contributed by atoms with van der Waals surface area (Å²) in [5.74, 6) is 0.204. The summed E-state index contributed by atoms with van der Waals surface area (Å²) in [5, 5.41) is 0. The number of ketones is 1. The van der Waals surface area contributed by atoms with E-state index in [4.69, 9.17) is 9.47 Å².